The van der Waals surface area contributed by atoms with Crippen LogP contribution in [0.15, 0.2) is 71.9 Å². The number of anilines is 1. The smallest absolute Gasteiger partial charge is 0.237 e. The molecule has 0 bridgehead atoms. The molecule has 7 nitrogen and oxygen atoms in total. The molecule has 1 unspecified atom stereocenters. The molecule has 0 spiro atoms. The van der Waals surface area contributed by atoms with E-state index in [-0.39, 0.29) is 17.8 Å². The Labute approximate surface area is 230 Å². The number of carbonyl (C=O) groups is 1. The zero-order chi connectivity index (χ0) is 26.2. The number of benzene rings is 3. The van der Waals surface area contributed by atoms with Crippen LogP contribution in [-0.4, -0.2) is 30.5 Å². The SMILES string of the molecule is CCn1c2ccccc2c2cc(NC(=O)C(C)Sc3nnc(COc4ccccc4Cl)n3C3CC3)ccc21. The van der Waals surface area contributed by atoms with Gasteiger partial charge in [-0.2, -0.15) is 0 Å². The minimum absolute atomic E-state index is 0.0761. The molecule has 1 amide bonds. The van der Waals surface area contributed by atoms with E-state index in [2.05, 4.69) is 68.0 Å². The van der Waals surface area contributed by atoms with Crippen LogP contribution in [0.5, 0.6) is 5.75 Å². The molecule has 1 saturated carbocycles. The number of thioether (sulfide) groups is 1. The van der Waals surface area contributed by atoms with Crippen LogP contribution >= 0.6 is 23.4 Å². The van der Waals surface area contributed by atoms with Gasteiger partial charge in [0.05, 0.1) is 10.3 Å². The molecule has 9 heteroatoms. The maximum Gasteiger partial charge on any atom is 0.237 e. The maximum absolute atomic E-state index is 13.2. The third-order valence-corrected chi connectivity index (χ3v) is 8.22. The van der Waals surface area contributed by atoms with E-state index in [9.17, 15) is 4.79 Å². The summed E-state index contributed by atoms with van der Waals surface area (Å²) < 4.78 is 10.3. The lowest BCUT2D eigenvalue weighted by Crippen LogP contribution is -2.23. The number of ether oxygens (including phenoxy) is 1. The second kappa shape index (κ2) is 10.3. The Balaban J connectivity index is 1.18. The fourth-order valence-corrected chi connectivity index (χ4v) is 5.95. The highest BCUT2D eigenvalue weighted by Gasteiger charge is 2.31. The molecule has 1 N–H and O–H groups in total. The first-order valence-electron chi connectivity index (χ1n) is 12.8. The van der Waals surface area contributed by atoms with E-state index in [4.69, 9.17) is 16.3 Å². The predicted molar refractivity (Wildman–Crippen MR) is 153 cm³/mol. The molecule has 3 aromatic carbocycles. The molecule has 1 aliphatic carbocycles. The Morgan fingerprint density at radius 1 is 1.08 bits per heavy atom. The van der Waals surface area contributed by atoms with E-state index < -0.39 is 0 Å². The molecule has 194 valence electrons. The molecule has 1 aliphatic rings. The number of para-hydroxylation sites is 2. The molecule has 1 fully saturated rings. The molecule has 1 atom stereocenters. The number of aromatic nitrogens is 4. The maximum atomic E-state index is 13.2. The second-order valence-electron chi connectivity index (χ2n) is 9.46. The molecule has 2 heterocycles. The first-order valence-corrected chi connectivity index (χ1v) is 14.1. The summed E-state index contributed by atoms with van der Waals surface area (Å²) in [5.74, 6) is 1.27. The van der Waals surface area contributed by atoms with E-state index in [1.807, 2.05) is 31.2 Å². The van der Waals surface area contributed by atoms with Crippen LogP contribution in [0.2, 0.25) is 5.02 Å². The normalized spacial score (nSPS) is 14.2. The van der Waals surface area contributed by atoms with Crippen LogP contribution in [-0.2, 0) is 17.9 Å². The van der Waals surface area contributed by atoms with Crippen molar-refractivity contribution in [3.05, 3.63) is 77.6 Å². The number of fused-ring (bicyclic) bond motifs is 3. The number of carbonyl (C=O) groups excluding carboxylic acids is 1. The lowest BCUT2D eigenvalue weighted by atomic mass is 10.1. The van der Waals surface area contributed by atoms with Crippen LogP contribution in [0.3, 0.4) is 0 Å². The van der Waals surface area contributed by atoms with Gasteiger partial charge in [0.15, 0.2) is 11.0 Å². The van der Waals surface area contributed by atoms with E-state index in [1.54, 1.807) is 6.07 Å². The van der Waals surface area contributed by atoms with Crippen LogP contribution < -0.4 is 10.1 Å². The predicted octanol–water partition coefficient (Wildman–Crippen LogP) is 7.09. The van der Waals surface area contributed by atoms with Gasteiger partial charge in [0.2, 0.25) is 5.91 Å². The molecule has 38 heavy (non-hydrogen) atoms. The average Bonchev–Trinajstić information content (AvgIpc) is 3.61. The van der Waals surface area contributed by atoms with Gasteiger partial charge in [-0.3, -0.25) is 9.36 Å². The molecule has 0 saturated heterocycles. The van der Waals surface area contributed by atoms with E-state index in [1.165, 1.54) is 22.7 Å². The first-order chi connectivity index (χ1) is 18.5. The van der Waals surface area contributed by atoms with E-state index in [0.717, 1.165) is 47.0 Å². The Kier molecular flexibility index (Phi) is 6.76. The minimum atomic E-state index is -0.360. The number of hydrogen-bond donors (Lipinski definition) is 1. The highest BCUT2D eigenvalue weighted by atomic mass is 35.5. The van der Waals surface area contributed by atoms with E-state index >= 15 is 0 Å². The summed E-state index contributed by atoms with van der Waals surface area (Å²) in [4.78, 5) is 13.2. The summed E-state index contributed by atoms with van der Waals surface area (Å²) in [7, 11) is 0. The Hall–Kier alpha value is -3.49. The summed E-state index contributed by atoms with van der Waals surface area (Å²) in [6, 6.07) is 22.2. The Morgan fingerprint density at radius 2 is 1.84 bits per heavy atom. The van der Waals surface area contributed by atoms with Gasteiger partial charge in [-0.25, -0.2) is 0 Å². The number of halogens is 1. The van der Waals surface area contributed by atoms with Gasteiger partial charge in [0.1, 0.15) is 12.4 Å². The molecular formula is C29H28ClN5O2S. The quantitative estimate of drug-likeness (QED) is 0.200. The van der Waals surface area contributed by atoms with Crippen LogP contribution in [0.1, 0.15) is 38.6 Å². The third-order valence-electron chi connectivity index (χ3n) is 6.85. The molecule has 2 aromatic heterocycles. The van der Waals surface area contributed by atoms with Gasteiger partial charge in [0.25, 0.3) is 0 Å². The largest absolute Gasteiger partial charge is 0.484 e. The van der Waals surface area contributed by atoms with Gasteiger partial charge in [-0.05, 0) is 63.1 Å². The van der Waals surface area contributed by atoms with E-state index in [0.29, 0.717) is 16.8 Å². The van der Waals surface area contributed by atoms with Crippen molar-refractivity contribution in [3.8, 4) is 5.75 Å². The number of hydrogen-bond acceptors (Lipinski definition) is 5. The van der Waals surface area contributed by atoms with Crippen molar-refractivity contribution in [2.45, 2.75) is 56.3 Å². The fraction of sp³-hybridized carbons (Fsp3) is 0.276. The van der Waals surface area contributed by atoms with Crippen molar-refractivity contribution in [2.24, 2.45) is 0 Å². The number of rotatable bonds is 9. The zero-order valence-corrected chi connectivity index (χ0v) is 22.8. The van der Waals surface area contributed by atoms with Crippen LogP contribution in [0.4, 0.5) is 5.69 Å². The Morgan fingerprint density at radius 3 is 2.63 bits per heavy atom. The van der Waals surface area contributed by atoms with Crippen molar-refractivity contribution in [2.75, 3.05) is 5.32 Å². The molecule has 5 aromatic rings. The molecular weight excluding hydrogens is 518 g/mol. The van der Waals surface area contributed by atoms with Crippen molar-refractivity contribution in [1.29, 1.82) is 0 Å². The highest BCUT2D eigenvalue weighted by molar-refractivity contribution is 8.00. The highest BCUT2D eigenvalue weighted by Crippen LogP contribution is 2.40. The average molecular weight is 546 g/mol. The van der Waals surface area contributed by atoms with Crippen molar-refractivity contribution >= 4 is 56.8 Å². The fourth-order valence-electron chi connectivity index (χ4n) is 4.82. The molecule has 6 rings (SSSR count). The summed E-state index contributed by atoms with van der Waals surface area (Å²) in [5, 5.41) is 15.1. The van der Waals surface area contributed by atoms with Gasteiger partial charge >= 0.3 is 0 Å². The standard InChI is InChI=1S/C29H28ClN5O2S/c1-3-34-24-10-6-4-8-21(24)22-16-19(12-15-25(22)34)31-28(36)18(2)38-29-33-32-27(35(29)20-13-14-20)17-37-26-11-7-5-9-23(26)30/h4-12,15-16,18,20H,3,13-14,17H2,1-2H3,(H,31,36). The first kappa shape index (κ1) is 24.8. The number of nitrogens with one attached hydrogen (secondary N) is 1. The lowest BCUT2D eigenvalue weighted by molar-refractivity contribution is -0.115. The van der Waals surface area contributed by atoms with Crippen molar-refractivity contribution in [1.82, 2.24) is 19.3 Å². The lowest BCUT2D eigenvalue weighted by Gasteiger charge is -2.14. The van der Waals surface area contributed by atoms with Crippen LogP contribution in [0, 0.1) is 0 Å². The zero-order valence-electron chi connectivity index (χ0n) is 21.2. The second-order valence-corrected chi connectivity index (χ2v) is 11.2. The van der Waals surface area contributed by atoms with Crippen molar-refractivity contribution in [3.63, 3.8) is 0 Å². The minimum Gasteiger partial charge on any atom is -0.484 e. The summed E-state index contributed by atoms with van der Waals surface area (Å²) >= 11 is 7.65. The van der Waals surface area contributed by atoms with Crippen molar-refractivity contribution < 1.29 is 9.53 Å². The third kappa shape index (κ3) is 4.74. The van der Waals surface area contributed by atoms with Gasteiger partial charge in [-0.15, -0.1) is 10.2 Å². The Bertz CT molecular complexity index is 1640. The summed E-state index contributed by atoms with van der Waals surface area (Å²) in [6.45, 7) is 5.19. The number of amides is 1. The topological polar surface area (TPSA) is 74.0 Å². The number of nitrogens with zero attached hydrogens (tertiary/aromatic N) is 4. The molecule has 0 aliphatic heterocycles. The summed E-state index contributed by atoms with van der Waals surface area (Å²) in [5.41, 5.74) is 3.15. The van der Waals surface area contributed by atoms with Gasteiger partial charge in [0, 0.05) is 40.1 Å². The van der Waals surface area contributed by atoms with Gasteiger partial charge < -0.3 is 14.6 Å². The van der Waals surface area contributed by atoms with Gasteiger partial charge in [-0.1, -0.05) is 53.7 Å². The summed E-state index contributed by atoms with van der Waals surface area (Å²) in [6.07, 6.45) is 2.13. The number of aryl methyl sites for hydroxylation is 1. The molecule has 0 radical (unpaired) electrons. The van der Waals surface area contributed by atoms with Crippen LogP contribution in [0.25, 0.3) is 21.8 Å². The monoisotopic (exact) mass is 545 g/mol.